The minimum atomic E-state index is -0.363. The first-order valence-corrected chi connectivity index (χ1v) is 9.75. The second-order valence-corrected chi connectivity index (χ2v) is 8.01. The molecule has 0 spiro atoms. The average molecular weight is 387 g/mol. The normalized spacial score (nSPS) is 17.4. The topological polar surface area (TPSA) is 76.3 Å². The largest absolute Gasteiger partial charge is 0.348 e. The van der Waals surface area contributed by atoms with Crippen molar-refractivity contribution in [3.8, 4) is 0 Å². The summed E-state index contributed by atoms with van der Waals surface area (Å²) in [4.78, 5) is 32.9. The highest BCUT2D eigenvalue weighted by Crippen LogP contribution is 2.27. The van der Waals surface area contributed by atoms with Crippen LogP contribution in [0.25, 0.3) is 0 Å². The summed E-state index contributed by atoms with van der Waals surface area (Å²) in [6.45, 7) is 5.86. The van der Waals surface area contributed by atoms with Crippen molar-refractivity contribution in [1.29, 1.82) is 0 Å². The number of aromatic nitrogens is 4. The quantitative estimate of drug-likeness (QED) is 0.768. The van der Waals surface area contributed by atoms with Gasteiger partial charge >= 0.3 is 5.69 Å². The van der Waals surface area contributed by atoms with Gasteiger partial charge in [-0.3, -0.25) is 14.0 Å². The second-order valence-electron chi connectivity index (χ2n) is 8.01. The lowest BCUT2D eigenvalue weighted by atomic mass is 9.94. The fourth-order valence-corrected chi connectivity index (χ4v) is 3.85. The molecule has 8 nitrogen and oxygen atoms in total. The van der Waals surface area contributed by atoms with Crippen molar-refractivity contribution in [2.75, 3.05) is 27.2 Å². The molecule has 0 aromatic carbocycles. The summed E-state index contributed by atoms with van der Waals surface area (Å²) in [5, 5.41) is 4.69. The smallest absolute Gasteiger partial charge is 0.340 e. The van der Waals surface area contributed by atoms with Crippen molar-refractivity contribution in [2.45, 2.75) is 45.7 Å². The molecule has 3 rings (SSSR count). The minimum Gasteiger partial charge on any atom is -0.340 e. The fourth-order valence-electron chi connectivity index (χ4n) is 3.85. The van der Waals surface area contributed by atoms with Crippen LogP contribution in [-0.2, 0) is 24.9 Å². The number of carbonyl (C=O) groups is 1. The molecule has 152 valence electrons. The van der Waals surface area contributed by atoms with Crippen LogP contribution in [0.15, 0.2) is 16.9 Å². The Morgan fingerprint density at radius 2 is 2.04 bits per heavy atom. The predicted molar refractivity (Wildman–Crippen MR) is 107 cm³/mol. The van der Waals surface area contributed by atoms with Crippen LogP contribution in [0.5, 0.6) is 0 Å². The summed E-state index contributed by atoms with van der Waals surface area (Å²) >= 11 is 0. The molecule has 3 heterocycles. The summed E-state index contributed by atoms with van der Waals surface area (Å²) in [5.74, 6) is 0.193. The Morgan fingerprint density at radius 3 is 2.71 bits per heavy atom. The first-order valence-electron chi connectivity index (χ1n) is 9.75. The maximum atomic E-state index is 12.9. The van der Waals surface area contributed by atoms with Gasteiger partial charge in [-0.25, -0.2) is 4.79 Å². The lowest BCUT2D eigenvalue weighted by Gasteiger charge is -2.32. The predicted octanol–water partition coefficient (Wildman–Crippen LogP) is 1.06. The molecule has 0 bridgehead atoms. The third-order valence-corrected chi connectivity index (χ3v) is 5.31. The second kappa shape index (κ2) is 8.26. The van der Waals surface area contributed by atoms with Crippen LogP contribution in [0.3, 0.4) is 0 Å². The molecule has 1 aliphatic heterocycles. The molecule has 0 N–H and O–H groups in total. The lowest BCUT2D eigenvalue weighted by Crippen LogP contribution is -2.42. The molecule has 0 saturated carbocycles. The number of hydrogen-bond donors (Lipinski definition) is 0. The fraction of sp³-hybridized carbons (Fsp3) is 0.600. The minimum absolute atomic E-state index is 0.0370. The van der Waals surface area contributed by atoms with Gasteiger partial charge in [-0.05, 0) is 52.9 Å². The summed E-state index contributed by atoms with van der Waals surface area (Å²) in [5.41, 5.74) is 3.28. The van der Waals surface area contributed by atoms with Gasteiger partial charge in [0.25, 0.3) is 0 Å². The number of aryl methyl sites for hydroxylation is 3. The van der Waals surface area contributed by atoms with E-state index in [1.54, 1.807) is 6.92 Å². The van der Waals surface area contributed by atoms with E-state index in [9.17, 15) is 9.59 Å². The van der Waals surface area contributed by atoms with Gasteiger partial charge in [-0.1, -0.05) is 0 Å². The first kappa shape index (κ1) is 20.3. The SMILES string of the molecule is Cc1cc(C)n(CC(=O)N2CCCC(c3cc(CN(C)C)n(C)n3)C2)c(=O)n1. The Balaban J connectivity index is 1.71. The van der Waals surface area contributed by atoms with Crippen LogP contribution in [0, 0.1) is 13.8 Å². The maximum Gasteiger partial charge on any atom is 0.348 e. The molecule has 1 fully saturated rings. The number of piperidine rings is 1. The summed E-state index contributed by atoms with van der Waals surface area (Å²) in [6, 6.07) is 3.98. The Morgan fingerprint density at radius 1 is 1.29 bits per heavy atom. The molecule has 1 aliphatic rings. The van der Waals surface area contributed by atoms with Gasteiger partial charge in [0.2, 0.25) is 5.91 Å². The number of rotatable bonds is 5. The molecule has 0 aliphatic carbocycles. The molecular weight excluding hydrogens is 356 g/mol. The Labute approximate surface area is 165 Å². The van der Waals surface area contributed by atoms with Gasteiger partial charge in [0, 0.05) is 44.0 Å². The van der Waals surface area contributed by atoms with E-state index in [4.69, 9.17) is 0 Å². The molecule has 2 aromatic rings. The molecule has 1 amide bonds. The van der Waals surface area contributed by atoms with Gasteiger partial charge in [0.05, 0.1) is 11.4 Å². The first-order chi connectivity index (χ1) is 13.2. The van der Waals surface area contributed by atoms with Crippen molar-refractivity contribution in [3.05, 3.63) is 45.4 Å². The lowest BCUT2D eigenvalue weighted by molar-refractivity contribution is -0.133. The van der Waals surface area contributed by atoms with Crippen molar-refractivity contribution >= 4 is 5.91 Å². The van der Waals surface area contributed by atoms with Crippen molar-refractivity contribution in [2.24, 2.45) is 7.05 Å². The van der Waals surface area contributed by atoms with E-state index >= 15 is 0 Å². The molecule has 28 heavy (non-hydrogen) atoms. The Bertz CT molecular complexity index is 914. The monoisotopic (exact) mass is 386 g/mol. The van der Waals surface area contributed by atoms with E-state index in [0.29, 0.717) is 12.2 Å². The number of amides is 1. The molecule has 0 radical (unpaired) electrons. The highest BCUT2D eigenvalue weighted by molar-refractivity contribution is 5.76. The molecule has 8 heteroatoms. The zero-order chi connectivity index (χ0) is 20.4. The molecule has 2 aromatic heterocycles. The van der Waals surface area contributed by atoms with Crippen LogP contribution in [0.2, 0.25) is 0 Å². The van der Waals surface area contributed by atoms with E-state index in [-0.39, 0.29) is 24.1 Å². The van der Waals surface area contributed by atoms with Gasteiger partial charge in [0.15, 0.2) is 0 Å². The van der Waals surface area contributed by atoms with E-state index in [1.807, 2.05) is 43.7 Å². The molecule has 1 atom stereocenters. The van der Waals surface area contributed by atoms with Crippen molar-refractivity contribution in [3.63, 3.8) is 0 Å². The zero-order valence-corrected chi connectivity index (χ0v) is 17.5. The Hall–Kier alpha value is -2.48. The summed E-state index contributed by atoms with van der Waals surface area (Å²) < 4.78 is 3.38. The van der Waals surface area contributed by atoms with Gasteiger partial charge in [0.1, 0.15) is 6.54 Å². The van der Waals surface area contributed by atoms with Crippen LogP contribution < -0.4 is 5.69 Å². The van der Waals surface area contributed by atoms with E-state index in [0.717, 1.165) is 43.0 Å². The van der Waals surface area contributed by atoms with Crippen molar-refractivity contribution in [1.82, 2.24) is 29.1 Å². The van der Waals surface area contributed by atoms with Gasteiger partial charge in [-0.2, -0.15) is 10.1 Å². The number of carbonyl (C=O) groups excluding carboxylic acids is 1. The number of likely N-dealkylation sites (tertiary alicyclic amines) is 1. The van der Waals surface area contributed by atoms with Gasteiger partial charge < -0.3 is 9.80 Å². The van der Waals surface area contributed by atoms with E-state index in [2.05, 4.69) is 21.0 Å². The number of nitrogens with zero attached hydrogens (tertiary/aromatic N) is 6. The van der Waals surface area contributed by atoms with Crippen LogP contribution in [-0.4, -0.2) is 62.2 Å². The third-order valence-electron chi connectivity index (χ3n) is 5.31. The molecular formula is C20H30N6O2. The number of hydrogen-bond acceptors (Lipinski definition) is 5. The summed E-state index contributed by atoms with van der Waals surface area (Å²) in [7, 11) is 6.04. The highest BCUT2D eigenvalue weighted by atomic mass is 16.2. The maximum absolute atomic E-state index is 12.9. The zero-order valence-electron chi connectivity index (χ0n) is 17.5. The van der Waals surface area contributed by atoms with Gasteiger partial charge in [-0.15, -0.1) is 0 Å². The van der Waals surface area contributed by atoms with E-state index in [1.165, 1.54) is 4.57 Å². The highest BCUT2D eigenvalue weighted by Gasteiger charge is 2.27. The molecule has 1 saturated heterocycles. The van der Waals surface area contributed by atoms with E-state index < -0.39 is 0 Å². The average Bonchev–Trinajstić information content (AvgIpc) is 2.98. The Kier molecular flexibility index (Phi) is 5.98. The molecule has 1 unspecified atom stereocenters. The standard InChI is InChI=1S/C20H30N6O2/c1-14-9-15(2)26(20(28)21-14)13-19(27)25-8-6-7-16(11-25)18-10-17(12-23(3)4)24(5)22-18/h9-10,16H,6-8,11-13H2,1-5H3. The summed E-state index contributed by atoms with van der Waals surface area (Å²) in [6.07, 6.45) is 1.96. The van der Waals surface area contributed by atoms with Crippen molar-refractivity contribution < 1.29 is 4.79 Å². The van der Waals surface area contributed by atoms with Crippen LogP contribution in [0.4, 0.5) is 0 Å². The van der Waals surface area contributed by atoms with Crippen LogP contribution >= 0.6 is 0 Å². The van der Waals surface area contributed by atoms with Crippen LogP contribution in [0.1, 0.15) is 41.5 Å². The third kappa shape index (κ3) is 4.49.